The molecule has 2 aromatic rings. The van der Waals surface area contributed by atoms with Crippen LogP contribution in [0, 0.1) is 0 Å². The molecule has 0 aliphatic heterocycles. The van der Waals surface area contributed by atoms with Crippen molar-refractivity contribution >= 4 is 22.6 Å². The molecule has 0 bridgehead atoms. The van der Waals surface area contributed by atoms with E-state index in [1.807, 2.05) is 5.32 Å². The molecule has 0 aliphatic carbocycles. The van der Waals surface area contributed by atoms with Crippen LogP contribution in [0.25, 0.3) is 11.0 Å². The summed E-state index contributed by atoms with van der Waals surface area (Å²) in [7, 11) is 0. The minimum absolute atomic E-state index is 0.0886. The second kappa shape index (κ2) is 4.85. The molecule has 0 aliphatic rings. The van der Waals surface area contributed by atoms with E-state index in [1.165, 1.54) is 6.07 Å². The van der Waals surface area contributed by atoms with Crippen molar-refractivity contribution in [3.63, 3.8) is 0 Å². The van der Waals surface area contributed by atoms with Crippen molar-refractivity contribution in [1.82, 2.24) is 5.32 Å². The first-order valence-corrected chi connectivity index (χ1v) is 5.47. The van der Waals surface area contributed by atoms with Crippen molar-refractivity contribution in [2.45, 2.75) is 5.92 Å². The largest absolute Gasteiger partial charge is 0.451 e. The van der Waals surface area contributed by atoms with Crippen LogP contribution >= 0.6 is 0 Å². The van der Waals surface area contributed by atoms with Crippen LogP contribution in [0.15, 0.2) is 28.7 Å². The highest BCUT2D eigenvalue weighted by Crippen LogP contribution is 2.21. The van der Waals surface area contributed by atoms with E-state index >= 15 is 0 Å². The third-order valence-corrected chi connectivity index (χ3v) is 2.50. The van der Waals surface area contributed by atoms with Gasteiger partial charge < -0.3 is 20.6 Å². The molecule has 1 aromatic carbocycles. The summed E-state index contributed by atoms with van der Waals surface area (Å²) < 4.78 is 30.8. The van der Waals surface area contributed by atoms with Crippen LogP contribution in [-0.2, 0) is 0 Å². The number of nitrogen functional groups attached to an aromatic ring is 1. The molecule has 7 heteroatoms. The smallest absolute Gasteiger partial charge is 0.287 e. The fraction of sp³-hybridized carbons (Fsp3) is 0.250. The van der Waals surface area contributed by atoms with Gasteiger partial charge in [-0.3, -0.25) is 4.79 Å². The van der Waals surface area contributed by atoms with E-state index in [2.05, 4.69) is 0 Å². The maximum absolute atomic E-state index is 12.8. The highest BCUT2D eigenvalue weighted by molar-refractivity contribution is 5.96. The number of nitrogens with two attached hydrogens (primary N) is 1. The molecule has 1 heterocycles. The van der Waals surface area contributed by atoms with Crippen LogP contribution in [0.3, 0.4) is 0 Å². The molecule has 0 saturated heterocycles. The summed E-state index contributed by atoms with van der Waals surface area (Å²) in [5.74, 6) is -4.22. The standard InChI is InChI=1S/C12H12F2N2O3/c13-12(14,6-17)5-16-11(18)10-4-7-3-8(15)1-2-9(7)19-10/h1-4,17H,5-6,15H2,(H,16,18). The molecule has 5 nitrogen and oxygen atoms in total. The lowest BCUT2D eigenvalue weighted by Crippen LogP contribution is -2.38. The van der Waals surface area contributed by atoms with Crippen molar-refractivity contribution < 1.29 is 23.1 Å². The van der Waals surface area contributed by atoms with Crippen molar-refractivity contribution in [1.29, 1.82) is 0 Å². The number of furan rings is 1. The Labute approximate surface area is 107 Å². The summed E-state index contributed by atoms with van der Waals surface area (Å²) in [6, 6.07) is 6.22. The van der Waals surface area contributed by atoms with Gasteiger partial charge in [0.25, 0.3) is 11.8 Å². The first-order valence-electron chi connectivity index (χ1n) is 5.47. The molecule has 1 aromatic heterocycles. The predicted octanol–water partition coefficient (Wildman–Crippen LogP) is 1.37. The monoisotopic (exact) mass is 270 g/mol. The Bertz CT molecular complexity index is 610. The number of carbonyl (C=O) groups is 1. The Kier molecular flexibility index (Phi) is 3.39. The normalized spacial score (nSPS) is 11.7. The molecular weight excluding hydrogens is 258 g/mol. The minimum Gasteiger partial charge on any atom is -0.451 e. The molecule has 0 spiro atoms. The molecule has 4 N–H and O–H groups in total. The van der Waals surface area contributed by atoms with Gasteiger partial charge in [-0.05, 0) is 24.3 Å². The molecule has 0 unspecified atom stereocenters. The van der Waals surface area contributed by atoms with Gasteiger partial charge in [-0.15, -0.1) is 0 Å². The number of halogens is 2. The summed E-state index contributed by atoms with van der Waals surface area (Å²) in [5, 5.41) is 11.0. The minimum atomic E-state index is -3.36. The molecule has 19 heavy (non-hydrogen) atoms. The Morgan fingerprint density at radius 2 is 2.16 bits per heavy atom. The van der Waals surface area contributed by atoms with Crippen LogP contribution in [-0.4, -0.2) is 30.1 Å². The van der Waals surface area contributed by atoms with E-state index in [9.17, 15) is 13.6 Å². The molecule has 2 rings (SSSR count). The number of aliphatic hydroxyl groups excluding tert-OH is 1. The Hall–Kier alpha value is -2.15. The molecule has 0 fully saturated rings. The third kappa shape index (κ3) is 3.00. The number of nitrogens with one attached hydrogen (secondary N) is 1. The summed E-state index contributed by atoms with van der Waals surface area (Å²) in [6.45, 7) is -2.29. The summed E-state index contributed by atoms with van der Waals surface area (Å²) >= 11 is 0. The Morgan fingerprint density at radius 3 is 2.84 bits per heavy atom. The summed E-state index contributed by atoms with van der Waals surface area (Å²) in [6.07, 6.45) is 0. The number of hydrogen-bond donors (Lipinski definition) is 3. The van der Waals surface area contributed by atoms with E-state index < -0.39 is 25.0 Å². The zero-order valence-corrected chi connectivity index (χ0v) is 9.82. The summed E-state index contributed by atoms with van der Waals surface area (Å²) in [4.78, 5) is 11.6. The average Bonchev–Trinajstić information content (AvgIpc) is 2.79. The molecule has 102 valence electrons. The van der Waals surface area contributed by atoms with E-state index in [0.29, 0.717) is 16.7 Å². The number of anilines is 1. The Morgan fingerprint density at radius 1 is 1.42 bits per heavy atom. The van der Waals surface area contributed by atoms with Gasteiger partial charge in [0.05, 0.1) is 6.54 Å². The lowest BCUT2D eigenvalue weighted by atomic mass is 10.2. The first kappa shape index (κ1) is 13.3. The SMILES string of the molecule is Nc1ccc2oc(C(=O)NCC(F)(F)CO)cc2c1. The zero-order chi connectivity index (χ0) is 14.0. The molecular formula is C12H12F2N2O3. The maximum Gasteiger partial charge on any atom is 0.287 e. The van der Waals surface area contributed by atoms with Gasteiger partial charge in [0.2, 0.25) is 0 Å². The van der Waals surface area contributed by atoms with Crippen molar-refractivity contribution in [3.8, 4) is 0 Å². The lowest BCUT2D eigenvalue weighted by molar-refractivity contribution is -0.0463. The van der Waals surface area contributed by atoms with Crippen molar-refractivity contribution in [2.75, 3.05) is 18.9 Å². The maximum atomic E-state index is 12.8. The lowest BCUT2D eigenvalue weighted by Gasteiger charge is -2.12. The second-order valence-corrected chi connectivity index (χ2v) is 4.10. The fourth-order valence-corrected chi connectivity index (χ4v) is 1.53. The van der Waals surface area contributed by atoms with Gasteiger partial charge in [-0.25, -0.2) is 8.78 Å². The van der Waals surface area contributed by atoms with Gasteiger partial charge in [0.1, 0.15) is 12.2 Å². The van der Waals surface area contributed by atoms with Crippen molar-refractivity contribution in [2.24, 2.45) is 0 Å². The predicted molar refractivity (Wildman–Crippen MR) is 65.0 cm³/mol. The molecule has 0 radical (unpaired) electrons. The van der Waals surface area contributed by atoms with Gasteiger partial charge in [-0.1, -0.05) is 0 Å². The van der Waals surface area contributed by atoms with Gasteiger partial charge in [0.15, 0.2) is 5.76 Å². The third-order valence-electron chi connectivity index (χ3n) is 2.50. The van der Waals surface area contributed by atoms with Crippen molar-refractivity contribution in [3.05, 3.63) is 30.0 Å². The van der Waals surface area contributed by atoms with E-state index in [1.54, 1.807) is 18.2 Å². The number of benzene rings is 1. The van der Waals surface area contributed by atoms with Gasteiger partial charge >= 0.3 is 0 Å². The molecule has 0 atom stereocenters. The number of rotatable bonds is 4. The van der Waals surface area contributed by atoms with E-state index in [0.717, 1.165) is 0 Å². The Balaban J connectivity index is 2.13. The number of fused-ring (bicyclic) bond motifs is 1. The number of aliphatic hydroxyl groups is 1. The van der Waals surface area contributed by atoms with Crippen LogP contribution in [0.2, 0.25) is 0 Å². The second-order valence-electron chi connectivity index (χ2n) is 4.10. The van der Waals surface area contributed by atoms with E-state index in [-0.39, 0.29) is 5.76 Å². The fourth-order valence-electron chi connectivity index (χ4n) is 1.53. The van der Waals surface area contributed by atoms with Gasteiger partial charge in [0, 0.05) is 11.1 Å². The van der Waals surface area contributed by atoms with Gasteiger partial charge in [-0.2, -0.15) is 0 Å². The van der Waals surface area contributed by atoms with Crippen LogP contribution in [0.4, 0.5) is 14.5 Å². The summed E-state index contributed by atoms with van der Waals surface area (Å²) in [5.41, 5.74) is 6.52. The quantitative estimate of drug-likeness (QED) is 0.732. The highest BCUT2D eigenvalue weighted by atomic mass is 19.3. The van der Waals surface area contributed by atoms with Crippen LogP contribution < -0.4 is 11.1 Å². The van der Waals surface area contributed by atoms with Crippen LogP contribution in [0.5, 0.6) is 0 Å². The molecule has 1 amide bonds. The van der Waals surface area contributed by atoms with Crippen LogP contribution in [0.1, 0.15) is 10.6 Å². The first-order chi connectivity index (χ1) is 8.91. The van der Waals surface area contributed by atoms with E-state index in [4.69, 9.17) is 15.3 Å². The number of carbonyl (C=O) groups excluding carboxylic acids is 1. The highest BCUT2D eigenvalue weighted by Gasteiger charge is 2.28. The number of hydrogen-bond acceptors (Lipinski definition) is 4. The number of alkyl halides is 2. The average molecular weight is 270 g/mol. The number of amides is 1. The molecule has 0 saturated carbocycles. The zero-order valence-electron chi connectivity index (χ0n) is 9.82. The topological polar surface area (TPSA) is 88.5 Å².